The molecule has 26 heavy (non-hydrogen) atoms. The Morgan fingerprint density at radius 1 is 1.27 bits per heavy atom. The minimum atomic E-state index is -0.102. The van der Waals surface area contributed by atoms with E-state index < -0.39 is 0 Å². The number of rotatable bonds is 6. The summed E-state index contributed by atoms with van der Waals surface area (Å²) in [7, 11) is 4.98. The number of nitrogens with zero attached hydrogens (tertiary/aromatic N) is 3. The van der Waals surface area contributed by atoms with Crippen molar-refractivity contribution < 1.29 is 24.0 Å². The summed E-state index contributed by atoms with van der Waals surface area (Å²) in [6, 6.07) is 6.84. The zero-order chi connectivity index (χ0) is 19.1. The van der Waals surface area contributed by atoms with Crippen LogP contribution in [0.15, 0.2) is 18.2 Å². The van der Waals surface area contributed by atoms with Gasteiger partial charge >= 0.3 is 0 Å². The molecule has 0 bridgehead atoms. The molecule has 0 aromatic heterocycles. The Kier molecular flexibility index (Phi) is 6.81. The molecule has 0 aliphatic carbocycles. The molecule has 1 fully saturated rings. The molecule has 0 radical (unpaired) electrons. The lowest BCUT2D eigenvalue weighted by atomic mass is 10.2. The average molecular weight is 361 g/mol. The molecule has 2 rings (SSSR count). The van der Waals surface area contributed by atoms with E-state index in [4.69, 9.17) is 14.7 Å². The Hall–Kier alpha value is -2.79. The largest absolute Gasteiger partial charge is 0.493 e. The van der Waals surface area contributed by atoms with Gasteiger partial charge in [-0.2, -0.15) is 5.26 Å². The number of hydrogen-bond acceptors (Lipinski definition) is 5. The second-order valence-corrected chi connectivity index (χ2v) is 6.36. The van der Waals surface area contributed by atoms with Gasteiger partial charge in [0.05, 0.1) is 44.9 Å². The lowest BCUT2D eigenvalue weighted by molar-refractivity contribution is -0.896. The first-order valence-electron chi connectivity index (χ1n) is 8.47. The van der Waals surface area contributed by atoms with Crippen LogP contribution in [0.1, 0.15) is 5.56 Å². The van der Waals surface area contributed by atoms with Crippen molar-refractivity contribution in [2.45, 2.75) is 0 Å². The summed E-state index contributed by atoms with van der Waals surface area (Å²) in [4.78, 5) is 28.6. The van der Waals surface area contributed by atoms with Gasteiger partial charge in [0.2, 0.25) is 0 Å². The molecule has 0 saturated carbocycles. The van der Waals surface area contributed by atoms with Crippen LogP contribution in [0.25, 0.3) is 0 Å². The normalized spacial score (nSPS) is 14.5. The molecule has 1 heterocycles. The van der Waals surface area contributed by atoms with Crippen LogP contribution in [0.3, 0.4) is 0 Å². The van der Waals surface area contributed by atoms with Gasteiger partial charge in [-0.05, 0) is 12.1 Å². The molecule has 140 valence electrons. The first-order chi connectivity index (χ1) is 12.4. The van der Waals surface area contributed by atoms with E-state index in [0.717, 1.165) is 13.1 Å². The zero-order valence-corrected chi connectivity index (χ0v) is 15.4. The van der Waals surface area contributed by atoms with Gasteiger partial charge in [0.15, 0.2) is 24.7 Å². The number of benzene rings is 1. The van der Waals surface area contributed by atoms with Crippen LogP contribution in [-0.4, -0.2) is 82.1 Å². The topological polar surface area (TPSA) is 87.3 Å². The fourth-order valence-electron chi connectivity index (χ4n) is 2.71. The average Bonchev–Trinajstić information content (AvgIpc) is 2.66. The second kappa shape index (κ2) is 9.06. The third-order valence-electron chi connectivity index (χ3n) is 4.37. The van der Waals surface area contributed by atoms with E-state index in [1.807, 2.05) is 6.07 Å². The van der Waals surface area contributed by atoms with Crippen molar-refractivity contribution in [1.82, 2.24) is 9.80 Å². The minimum Gasteiger partial charge on any atom is -0.493 e. The van der Waals surface area contributed by atoms with Gasteiger partial charge in [0.1, 0.15) is 0 Å². The molecule has 8 heteroatoms. The number of methoxy groups -OCH3 is 1. The van der Waals surface area contributed by atoms with Crippen molar-refractivity contribution in [3.63, 3.8) is 0 Å². The predicted molar refractivity (Wildman–Crippen MR) is 94.0 cm³/mol. The van der Waals surface area contributed by atoms with Crippen molar-refractivity contribution in [2.75, 3.05) is 60.5 Å². The Balaban J connectivity index is 1.83. The summed E-state index contributed by atoms with van der Waals surface area (Å²) >= 11 is 0. The van der Waals surface area contributed by atoms with E-state index in [9.17, 15) is 9.59 Å². The molecule has 8 nitrogen and oxygen atoms in total. The molecule has 1 N–H and O–H groups in total. The third-order valence-corrected chi connectivity index (χ3v) is 4.37. The van der Waals surface area contributed by atoms with Crippen LogP contribution in [0.5, 0.6) is 11.5 Å². The van der Waals surface area contributed by atoms with Crippen LogP contribution in [-0.2, 0) is 9.59 Å². The van der Waals surface area contributed by atoms with E-state index in [1.165, 1.54) is 12.0 Å². The van der Waals surface area contributed by atoms with Gasteiger partial charge in [0.25, 0.3) is 11.8 Å². The summed E-state index contributed by atoms with van der Waals surface area (Å²) in [5.74, 6) is 0.847. The molecular formula is C18H25N4O4+. The maximum Gasteiger partial charge on any atom is 0.277 e. The van der Waals surface area contributed by atoms with Crippen LogP contribution in [0, 0.1) is 11.3 Å². The molecule has 2 amide bonds. The third kappa shape index (κ3) is 5.10. The van der Waals surface area contributed by atoms with Crippen molar-refractivity contribution in [2.24, 2.45) is 0 Å². The van der Waals surface area contributed by atoms with E-state index >= 15 is 0 Å². The van der Waals surface area contributed by atoms with Crippen LogP contribution in [0.2, 0.25) is 0 Å². The smallest absolute Gasteiger partial charge is 0.277 e. The Morgan fingerprint density at radius 2 is 1.96 bits per heavy atom. The van der Waals surface area contributed by atoms with Gasteiger partial charge in [-0.15, -0.1) is 0 Å². The number of quaternary nitrogens is 1. The quantitative estimate of drug-likeness (QED) is 0.685. The molecule has 1 saturated heterocycles. The fourth-order valence-corrected chi connectivity index (χ4v) is 2.71. The highest BCUT2D eigenvalue weighted by atomic mass is 16.5. The van der Waals surface area contributed by atoms with Crippen molar-refractivity contribution in [3.05, 3.63) is 23.8 Å². The van der Waals surface area contributed by atoms with Gasteiger partial charge in [-0.3, -0.25) is 9.59 Å². The van der Waals surface area contributed by atoms with Crippen LogP contribution >= 0.6 is 0 Å². The number of carbonyl (C=O) groups is 2. The van der Waals surface area contributed by atoms with Crippen molar-refractivity contribution in [1.29, 1.82) is 5.26 Å². The molecule has 0 spiro atoms. The van der Waals surface area contributed by atoms with E-state index in [0.29, 0.717) is 36.7 Å². The Morgan fingerprint density at radius 3 is 2.54 bits per heavy atom. The summed E-state index contributed by atoms with van der Waals surface area (Å²) in [5, 5.41) is 8.91. The van der Waals surface area contributed by atoms with Gasteiger partial charge < -0.3 is 24.2 Å². The molecule has 1 aliphatic heterocycles. The molecular weight excluding hydrogens is 336 g/mol. The molecule has 0 atom stereocenters. The highest BCUT2D eigenvalue weighted by molar-refractivity contribution is 5.78. The highest BCUT2D eigenvalue weighted by Crippen LogP contribution is 2.27. The van der Waals surface area contributed by atoms with Crippen LogP contribution < -0.4 is 14.4 Å². The minimum absolute atomic E-state index is 0.0891. The number of nitriles is 1. The first kappa shape index (κ1) is 19.5. The lowest BCUT2D eigenvalue weighted by Crippen LogP contribution is -3.15. The zero-order valence-electron chi connectivity index (χ0n) is 15.4. The molecule has 1 aromatic carbocycles. The fraction of sp³-hybridized carbons (Fsp3) is 0.500. The predicted octanol–water partition coefficient (Wildman–Crippen LogP) is -1.24. The summed E-state index contributed by atoms with van der Waals surface area (Å²) in [6.45, 7) is 3.05. The van der Waals surface area contributed by atoms with Crippen molar-refractivity contribution >= 4 is 11.8 Å². The van der Waals surface area contributed by atoms with E-state index in [2.05, 4.69) is 0 Å². The first-order valence-corrected chi connectivity index (χ1v) is 8.47. The second-order valence-electron chi connectivity index (χ2n) is 6.36. The number of hydrogen-bond donors (Lipinski definition) is 1. The maximum atomic E-state index is 12.4. The lowest BCUT2D eigenvalue weighted by Gasteiger charge is -2.32. The molecule has 0 unspecified atom stereocenters. The summed E-state index contributed by atoms with van der Waals surface area (Å²) in [6.07, 6.45) is 0. The number of carbonyl (C=O) groups excluding carboxylic acids is 2. The number of piperazine rings is 1. The monoisotopic (exact) mass is 361 g/mol. The maximum absolute atomic E-state index is 12.4. The SMILES string of the molecule is COc1cc(C#N)ccc1OCC(=O)N1CC[NH+](CC(=O)N(C)C)CC1. The number of ether oxygens (including phenoxy) is 2. The van der Waals surface area contributed by atoms with Gasteiger partial charge in [0, 0.05) is 20.2 Å². The molecule has 1 aromatic rings. The Bertz CT molecular complexity index is 691. The number of likely N-dealkylation sites (N-methyl/N-ethyl adjacent to an activating group) is 1. The van der Waals surface area contributed by atoms with Gasteiger partial charge in [-0.1, -0.05) is 0 Å². The summed E-state index contributed by atoms with van der Waals surface area (Å²) in [5.41, 5.74) is 0.465. The van der Waals surface area contributed by atoms with Crippen molar-refractivity contribution in [3.8, 4) is 17.6 Å². The van der Waals surface area contributed by atoms with E-state index in [1.54, 1.807) is 42.1 Å². The Labute approximate surface area is 153 Å². The van der Waals surface area contributed by atoms with E-state index in [-0.39, 0.29) is 18.4 Å². The number of amides is 2. The van der Waals surface area contributed by atoms with Crippen LogP contribution in [0.4, 0.5) is 0 Å². The van der Waals surface area contributed by atoms with Gasteiger partial charge in [-0.25, -0.2) is 0 Å². The molecule has 1 aliphatic rings. The standard InChI is InChI=1S/C18H24N4O4/c1-20(2)17(23)12-21-6-8-22(9-7-21)18(24)13-26-15-5-4-14(11-19)10-16(15)25-3/h4-5,10H,6-9,12-13H2,1-3H3/p+1. The highest BCUT2D eigenvalue weighted by Gasteiger charge is 2.26. The summed E-state index contributed by atoms with van der Waals surface area (Å²) < 4.78 is 10.8. The number of nitrogens with one attached hydrogen (secondary N) is 1.